The number of carbonyl (C=O) groups is 1. The molecule has 104 valence electrons. The Labute approximate surface area is 131 Å². The van der Waals surface area contributed by atoms with E-state index in [4.69, 9.17) is 16.3 Å². The number of rotatable bonds is 5. The fraction of sp³-hybridized carbons (Fsp3) is 0.200. The molecular formula is C15H13BrClNO2. The molecule has 0 atom stereocenters. The highest BCUT2D eigenvalue weighted by Gasteiger charge is 2.14. The van der Waals surface area contributed by atoms with Crippen LogP contribution >= 0.6 is 27.5 Å². The zero-order valence-corrected chi connectivity index (χ0v) is 13.2. The monoisotopic (exact) mass is 353 g/mol. The van der Waals surface area contributed by atoms with Gasteiger partial charge in [0.15, 0.2) is 5.78 Å². The Morgan fingerprint density at radius 2 is 1.95 bits per heavy atom. The van der Waals surface area contributed by atoms with Crippen LogP contribution in [-0.4, -0.2) is 17.9 Å². The van der Waals surface area contributed by atoms with Gasteiger partial charge in [0.25, 0.3) is 0 Å². The van der Waals surface area contributed by atoms with Crippen molar-refractivity contribution in [3.63, 3.8) is 0 Å². The Balaban J connectivity index is 2.08. The molecule has 0 aliphatic rings. The predicted molar refractivity (Wildman–Crippen MR) is 82.6 cm³/mol. The number of nitrogens with zero attached hydrogens (tertiary/aromatic N) is 1. The molecule has 0 fully saturated rings. The summed E-state index contributed by atoms with van der Waals surface area (Å²) in [5, 5.41) is 0.690. The van der Waals surface area contributed by atoms with Crippen LogP contribution in [0, 0.1) is 0 Å². The summed E-state index contributed by atoms with van der Waals surface area (Å²) in [4.78, 5) is 16.4. The minimum absolute atomic E-state index is 0.0434. The Morgan fingerprint density at radius 3 is 2.60 bits per heavy atom. The molecule has 2 aromatic rings. The van der Waals surface area contributed by atoms with Gasteiger partial charge in [-0.1, -0.05) is 23.7 Å². The number of benzene rings is 1. The van der Waals surface area contributed by atoms with Crippen LogP contribution in [0.5, 0.6) is 5.75 Å². The normalized spacial score (nSPS) is 10.3. The van der Waals surface area contributed by atoms with Gasteiger partial charge < -0.3 is 4.74 Å². The quantitative estimate of drug-likeness (QED) is 0.593. The van der Waals surface area contributed by atoms with Crippen molar-refractivity contribution in [2.75, 3.05) is 7.11 Å². The maximum Gasteiger partial charge on any atom is 0.185 e. The highest BCUT2D eigenvalue weighted by Crippen LogP contribution is 2.21. The summed E-state index contributed by atoms with van der Waals surface area (Å²) in [5.41, 5.74) is 1.42. The second-order valence-electron chi connectivity index (χ2n) is 4.23. The number of Topliss-reactive ketones (excluding diaryl/α,β-unsaturated/α-hetero) is 1. The number of hydrogen-bond acceptors (Lipinski definition) is 3. The van der Waals surface area contributed by atoms with Gasteiger partial charge in [0.05, 0.1) is 7.11 Å². The lowest BCUT2D eigenvalue weighted by molar-refractivity contribution is 0.0974. The van der Waals surface area contributed by atoms with Crippen molar-refractivity contribution >= 4 is 33.3 Å². The first-order valence-corrected chi connectivity index (χ1v) is 7.25. The molecular weight excluding hydrogens is 342 g/mol. The molecule has 0 spiro atoms. The number of ether oxygens (including phenoxy) is 1. The Morgan fingerprint density at radius 1 is 1.25 bits per heavy atom. The van der Waals surface area contributed by atoms with Crippen LogP contribution in [0.4, 0.5) is 0 Å². The van der Waals surface area contributed by atoms with E-state index in [1.807, 2.05) is 24.3 Å². The van der Waals surface area contributed by atoms with Gasteiger partial charge in [-0.2, -0.15) is 0 Å². The SMILES string of the molecule is COc1ccc(Br)nc1C(=O)CCc1ccc(Cl)cc1. The van der Waals surface area contributed by atoms with Gasteiger partial charge in [-0.05, 0) is 52.2 Å². The Hall–Kier alpha value is -1.39. The summed E-state index contributed by atoms with van der Waals surface area (Å²) in [6.07, 6.45) is 1.02. The molecule has 5 heteroatoms. The molecule has 0 N–H and O–H groups in total. The second-order valence-corrected chi connectivity index (χ2v) is 5.48. The van der Waals surface area contributed by atoms with E-state index >= 15 is 0 Å². The zero-order valence-electron chi connectivity index (χ0n) is 10.9. The number of aromatic nitrogens is 1. The van der Waals surface area contributed by atoms with Gasteiger partial charge in [0.1, 0.15) is 16.0 Å². The maximum absolute atomic E-state index is 12.2. The molecule has 0 saturated heterocycles. The van der Waals surface area contributed by atoms with Crippen LogP contribution in [-0.2, 0) is 6.42 Å². The first-order chi connectivity index (χ1) is 9.60. The first-order valence-electron chi connectivity index (χ1n) is 6.08. The molecule has 1 aromatic carbocycles. The minimum Gasteiger partial charge on any atom is -0.494 e. The number of pyridine rings is 1. The molecule has 0 amide bonds. The average molecular weight is 355 g/mol. The van der Waals surface area contributed by atoms with E-state index in [0.717, 1.165) is 5.56 Å². The lowest BCUT2D eigenvalue weighted by Gasteiger charge is -2.07. The fourth-order valence-corrected chi connectivity index (χ4v) is 2.25. The molecule has 1 aromatic heterocycles. The summed E-state index contributed by atoms with van der Waals surface area (Å²) in [6.45, 7) is 0. The van der Waals surface area contributed by atoms with Crippen LogP contribution in [0.1, 0.15) is 22.5 Å². The van der Waals surface area contributed by atoms with Crippen LogP contribution in [0.15, 0.2) is 41.0 Å². The molecule has 20 heavy (non-hydrogen) atoms. The highest BCUT2D eigenvalue weighted by molar-refractivity contribution is 9.10. The molecule has 0 saturated carbocycles. The van der Waals surface area contributed by atoms with Crippen molar-refractivity contribution in [1.29, 1.82) is 0 Å². The van der Waals surface area contributed by atoms with E-state index in [1.54, 1.807) is 12.1 Å². The van der Waals surface area contributed by atoms with Crippen LogP contribution < -0.4 is 4.74 Å². The maximum atomic E-state index is 12.2. The van der Waals surface area contributed by atoms with E-state index in [0.29, 0.717) is 33.9 Å². The summed E-state index contributed by atoms with van der Waals surface area (Å²) in [7, 11) is 1.53. The van der Waals surface area contributed by atoms with Gasteiger partial charge in [0, 0.05) is 11.4 Å². The highest BCUT2D eigenvalue weighted by atomic mass is 79.9. The molecule has 0 radical (unpaired) electrons. The third-order valence-corrected chi connectivity index (χ3v) is 3.56. The van der Waals surface area contributed by atoms with Crippen molar-refractivity contribution < 1.29 is 9.53 Å². The lowest BCUT2D eigenvalue weighted by atomic mass is 10.1. The van der Waals surface area contributed by atoms with E-state index in [1.165, 1.54) is 7.11 Å². The molecule has 0 unspecified atom stereocenters. The third kappa shape index (κ3) is 3.81. The predicted octanol–water partition coefficient (Wildman–Crippen LogP) is 4.32. The first kappa shape index (κ1) is 15.0. The summed E-state index contributed by atoms with van der Waals surface area (Å²) >= 11 is 9.09. The smallest absolute Gasteiger partial charge is 0.185 e. The summed E-state index contributed by atoms with van der Waals surface area (Å²) < 4.78 is 5.79. The van der Waals surface area contributed by atoms with E-state index in [2.05, 4.69) is 20.9 Å². The molecule has 0 aliphatic carbocycles. The van der Waals surface area contributed by atoms with Gasteiger partial charge in [-0.25, -0.2) is 4.98 Å². The summed E-state index contributed by atoms with van der Waals surface area (Å²) in [5.74, 6) is 0.451. The number of methoxy groups -OCH3 is 1. The minimum atomic E-state index is -0.0434. The second kappa shape index (κ2) is 6.86. The van der Waals surface area contributed by atoms with Crippen molar-refractivity contribution in [2.45, 2.75) is 12.8 Å². The number of aryl methyl sites for hydroxylation is 1. The topological polar surface area (TPSA) is 39.2 Å². The number of hydrogen-bond donors (Lipinski definition) is 0. The average Bonchev–Trinajstić information content (AvgIpc) is 2.46. The Kier molecular flexibility index (Phi) is 5.15. The van der Waals surface area contributed by atoms with Gasteiger partial charge in [-0.15, -0.1) is 0 Å². The van der Waals surface area contributed by atoms with Crippen molar-refractivity contribution in [2.24, 2.45) is 0 Å². The number of carbonyl (C=O) groups excluding carboxylic acids is 1. The summed E-state index contributed by atoms with van der Waals surface area (Å²) in [6, 6.07) is 10.9. The van der Waals surface area contributed by atoms with E-state index in [9.17, 15) is 4.79 Å². The van der Waals surface area contributed by atoms with E-state index in [-0.39, 0.29) is 5.78 Å². The van der Waals surface area contributed by atoms with Crippen molar-refractivity contribution in [3.05, 3.63) is 57.3 Å². The zero-order chi connectivity index (χ0) is 14.5. The molecule has 1 heterocycles. The van der Waals surface area contributed by atoms with Gasteiger partial charge >= 0.3 is 0 Å². The van der Waals surface area contributed by atoms with Gasteiger partial charge in [0.2, 0.25) is 0 Å². The number of halogens is 2. The largest absolute Gasteiger partial charge is 0.494 e. The van der Waals surface area contributed by atoms with Crippen LogP contribution in [0.3, 0.4) is 0 Å². The lowest BCUT2D eigenvalue weighted by Crippen LogP contribution is -2.06. The molecule has 0 aliphatic heterocycles. The van der Waals surface area contributed by atoms with E-state index < -0.39 is 0 Å². The van der Waals surface area contributed by atoms with Gasteiger partial charge in [-0.3, -0.25) is 4.79 Å². The number of ketones is 1. The Bertz CT molecular complexity index is 614. The van der Waals surface area contributed by atoms with Crippen LogP contribution in [0.2, 0.25) is 5.02 Å². The molecule has 3 nitrogen and oxygen atoms in total. The molecule has 0 bridgehead atoms. The van der Waals surface area contributed by atoms with Crippen molar-refractivity contribution in [1.82, 2.24) is 4.98 Å². The van der Waals surface area contributed by atoms with Crippen molar-refractivity contribution in [3.8, 4) is 5.75 Å². The van der Waals surface area contributed by atoms with Crippen LogP contribution in [0.25, 0.3) is 0 Å². The fourth-order valence-electron chi connectivity index (χ4n) is 1.81. The third-order valence-electron chi connectivity index (χ3n) is 2.86. The molecule has 2 rings (SSSR count). The standard InChI is InChI=1S/C15H13BrClNO2/c1-20-13-8-9-14(16)18-15(13)12(19)7-4-10-2-5-11(17)6-3-10/h2-3,5-6,8-9H,4,7H2,1H3.